The number of aromatic amines is 1. The Bertz CT molecular complexity index is 953. The molecular formula is C20H24N4O4. The third-order valence-electron chi connectivity index (χ3n) is 4.89. The maximum absolute atomic E-state index is 12.5. The van der Waals surface area contributed by atoms with Crippen LogP contribution in [0.4, 0.5) is 0 Å². The normalized spacial score (nSPS) is 16.6. The van der Waals surface area contributed by atoms with Crippen molar-refractivity contribution < 1.29 is 14.4 Å². The molecule has 0 aliphatic carbocycles. The van der Waals surface area contributed by atoms with Crippen LogP contribution in [0.15, 0.2) is 35.3 Å². The van der Waals surface area contributed by atoms with Crippen LogP contribution >= 0.6 is 0 Å². The second-order valence-electron chi connectivity index (χ2n) is 6.86. The van der Waals surface area contributed by atoms with E-state index >= 15 is 0 Å². The fourth-order valence-corrected chi connectivity index (χ4v) is 3.35. The molecule has 148 valence electrons. The van der Waals surface area contributed by atoms with Crippen molar-refractivity contribution in [3.05, 3.63) is 46.2 Å². The maximum atomic E-state index is 12.5. The molecule has 0 radical (unpaired) electrons. The summed E-state index contributed by atoms with van der Waals surface area (Å²) in [6.45, 7) is 2.60. The summed E-state index contributed by atoms with van der Waals surface area (Å²) in [6.07, 6.45) is 3.38. The van der Waals surface area contributed by atoms with E-state index in [9.17, 15) is 19.2 Å². The zero-order valence-corrected chi connectivity index (χ0v) is 15.8. The summed E-state index contributed by atoms with van der Waals surface area (Å²) in [4.78, 5) is 53.4. The summed E-state index contributed by atoms with van der Waals surface area (Å²) in [5.74, 6) is -0.864. The molecule has 3 N–H and O–H groups in total. The van der Waals surface area contributed by atoms with Crippen LogP contribution in [0, 0.1) is 0 Å². The lowest BCUT2D eigenvalue weighted by molar-refractivity contribution is -0.132. The van der Waals surface area contributed by atoms with Gasteiger partial charge >= 0.3 is 0 Å². The van der Waals surface area contributed by atoms with Crippen molar-refractivity contribution >= 4 is 28.6 Å². The third kappa shape index (κ3) is 4.39. The average molecular weight is 384 g/mol. The van der Waals surface area contributed by atoms with Crippen LogP contribution < -0.4 is 16.1 Å². The molecule has 1 aromatic heterocycles. The minimum Gasteiger partial charge on any atom is -0.360 e. The molecule has 28 heavy (non-hydrogen) atoms. The van der Waals surface area contributed by atoms with E-state index in [-0.39, 0.29) is 35.4 Å². The maximum Gasteiger partial charge on any atom is 0.257 e. The molecule has 1 unspecified atom stereocenters. The first-order chi connectivity index (χ1) is 13.5. The predicted molar refractivity (Wildman–Crippen MR) is 105 cm³/mol. The van der Waals surface area contributed by atoms with Gasteiger partial charge in [0, 0.05) is 42.7 Å². The first-order valence-corrected chi connectivity index (χ1v) is 9.45. The molecule has 0 bridgehead atoms. The Balaban J connectivity index is 1.60. The Kier molecular flexibility index (Phi) is 6.08. The van der Waals surface area contributed by atoms with Crippen molar-refractivity contribution in [1.82, 2.24) is 20.5 Å². The fourth-order valence-electron chi connectivity index (χ4n) is 3.35. The lowest BCUT2D eigenvalue weighted by Crippen LogP contribution is -2.51. The van der Waals surface area contributed by atoms with Gasteiger partial charge in [-0.25, -0.2) is 0 Å². The van der Waals surface area contributed by atoms with E-state index in [2.05, 4.69) is 15.6 Å². The summed E-state index contributed by atoms with van der Waals surface area (Å²) in [6, 6.07) is 6.86. The Morgan fingerprint density at radius 3 is 2.82 bits per heavy atom. The number of nitrogens with one attached hydrogen (secondary N) is 3. The van der Waals surface area contributed by atoms with Crippen LogP contribution in [0.3, 0.4) is 0 Å². The van der Waals surface area contributed by atoms with E-state index in [0.29, 0.717) is 30.4 Å². The predicted octanol–water partition coefficient (Wildman–Crippen LogP) is 0.775. The van der Waals surface area contributed by atoms with Gasteiger partial charge in [0.25, 0.3) is 5.91 Å². The van der Waals surface area contributed by atoms with Gasteiger partial charge in [0.1, 0.15) is 5.56 Å². The number of amides is 3. The Hall–Kier alpha value is -3.16. The number of rotatable bonds is 5. The Labute approximate surface area is 162 Å². The van der Waals surface area contributed by atoms with Gasteiger partial charge in [-0.3, -0.25) is 19.2 Å². The van der Waals surface area contributed by atoms with Crippen LogP contribution in [0.1, 0.15) is 36.5 Å². The smallest absolute Gasteiger partial charge is 0.257 e. The van der Waals surface area contributed by atoms with Crippen molar-refractivity contribution in [2.24, 2.45) is 0 Å². The quantitative estimate of drug-likeness (QED) is 0.707. The number of likely N-dealkylation sites (tertiary alicyclic amines) is 1. The number of fused-ring (bicyclic) bond motifs is 1. The molecule has 0 saturated carbocycles. The van der Waals surface area contributed by atoms with Crippen molar-refractivity contribution in [3.8, 4) is 0 Å². The van der Waals surface area contributed by atoms with E-state index in [4.69, 9.17) is 0 Å². The molecule has 1 fully saturated rings. The molecule has 1 aliphatic heterocycles. The number of hydrogen-bond acceptors (Lipinski definition) is 4. The number of para-hydroxylation sites is 1. The summed E-state index contributed by atoms with van der Waals surface area (Å²) in [7, 11) is 0. The largest absolute Gasteiger partial charge is 0.360 e. The summed E-state index contributed by atoms with van der Waals surface area (Å²) in [5, 5.41) is 5.86. The van der Waals surface area contributed by atoms with E-state index in [1.807, 2.05) is 0 Å². The van der Waals surface area contributed by atoms with Gasteiger partial charge in [-0.1, -0.05) is 19.1 Å². The van der Waals surface area contributed by atoms with Gasteiger partial charge in [-0.2, -0.15) is 0 Å². The lowest BCUT2D eigenvalue weighted by atomic mass is 10.1. The molecule has 8 heteroatoms. The molecule has 1 aromatic carbocycles. The highest BCUT2D eigenvalue weighted by Gasteiger charge is 2.25. The van der Waals surface area contributed by atoms with Crippen molar-refractivity contribution in [1.29, 1.82) is 0 Å². The highest BCUT2D eigenvalue weighted by atomic mass is 16.2. The molecule has 2 aromatic rings. The van der Waals surface area contributed by atoms with Crippen molar-refractivity contribution in [3.63, 3.8) is 0 Å². The lowest BCUT2D eigenvalue weighted by Gasteiger charge is -2.33. The Morgan fingerprint density at radius 2 is 2.04 bits per heavy atom. The van der Waals surface area contributed by atoms with Crippen LogP contribution in [-0.4, -0.2) is 53.3 Å². The van der Waals surface area contributed by atoms with Crippen molar-refractivity contribution in [2.75, 3.05) is 19.6 Å². The molecular weight excluding hydrogens is 360 g/mol. The molecule has 1 atom stereocenters. The summed E-state index contributed by atoms with van der Waals surface area (Å²) in [5.41, 5.74) is 0.242. The average Bonchev–Trinajstić information content (AvgIpc) is 2.72. The van der Waals surface area contributed by atoms with Crippen LogP contribution in [0.2, 0.25) is 0 Å². The number of hydrogen-bond donors (Lipinski definition) is 3. The number of carbonyl (C=O) groups excluding carboxylic acids is 3. The Morgan fingerprint density at radius 1 is 1.25 bits per heavy atom. The number of benzene rings is 1. The molecule has 3 rings (SSSR count). The molecule has 2 heterocycles. The van der Waals surface area contributed by atoms with E-state index in [1.165, 1.54) is 6.20 Å². The number of carbonyl (C=O) groups is 3. The van der Waals surface area contributed by atoms with E-state index in [0.717, 1.165) is 12.8 Å². The number of aromatic nitrogens is 1. The minimum absolute atomic E-state index is 0.0294. The second kappa shape index (κ2) is 8.69. The SMILES string of the molecule is CCC(=O)NC1CCCN(C(=O)CNC(=O)c2c[nH]c3ccccc3c2=O)C1. The highest BCUT2D eigenvalue weighted by molar-refractivity contribution is 5.98. The fraction of sp³-hybridized carbons (Fsp3) is 0.400. The number of nitrogens with zero attached hydrogens (tertiary/aromatic N) is 1. The zero-order valence-electron chi connectivity index (χ0n) is 15.8. The first kappa shape index (κ1) is 19.6. The summed E-state index contributed by atoms with van der Waals surface area (Å²) >= 11 is 0. The molecule has 1 saturated heterocycles. The monoisotopic (exact) mass is 384 g/mol. The minimum atomic E-state index is -0.590. The first-order valence-electron chi connectivity index (χ1n) is 9.45. The third-order valence-corrected chi connectivity index (χ3v) is 4.89. The van der Waals surface area contributed by atoms with E-state index < -0.39 is 5.91 Å². The van der Waals surface area contributed by atoms with Crippen molar-refractivity contribution in [2.45, 2.75) is 32.2 Å². The molecule has 0 spiro atoms. The molecule has 1 aliphatic rings. The summed E-state index contributed by atoms with van der Waals surface area (Å²) < 4.78 is 0. The second-order valence-corrected chi connectivity index (χ2v) is 6.86. The number of piperidine rings is 1. The number of pyridine rings is 1. The van der Waals surface area contributed by atoms with Gasteiger partial charge in [0.2, 0.25) is 17.2 Å². The van der Waals surface area contributed by atoms with Crippen LogP contribution in [0.25, 0.3) is 10.9 Å². The van der Waals surface area contributed by atoms with Crippen LogP contribution in [0.5, 0.6) is 0 Å². The van der Waals surface area contributed by atoms with E-state index in [1.54, 1.807) is 36.1 Å². The number of H-pyrrole nitrogens is 1. The van der Waals surface area contributed by atoms with Crippen LogP contribution in [-0.2, 0) is 9.59 Å². The van der Waals surface area contributed by atoms with Gasteiger partial charge in [-0.15, -0.1) is 0 Å². The highest BCUT2D eigenvalue weighted by Crippen LogP contribution is 2.11. The topological polar surface area (TPSA) is 111 Å². The zero-order chi connectivity index (χ0) is 20.1. The van der Waals surface area contributed by atoms with Gasteiger partial charge in [-0.05, 0) is 25.0 Å². The van der Waals surface area contributed by atoms with Gasteiger partial charge in [0.05, 0.1) is 6.54 Å². The van der Waals surface area contributed by atoms with Gasteiger partial charge < -0.3 is 20.5 Å². The standard InChI is InChI=1S/C20H24N4O4/c1-2-17(25)23-13-6-5-9-24(12-13)18(26)11-22-20(28)15-10-21-16-8-4-3-7-14(16)19(15)27/h3-4,7-8,10,13H,2,5-6,9,11-12H2,1H3,(H,21,27)(H,22,28)(H,23,25). The molecule has 8 nitrogen and oxygen atoms in total. The molecule has 3 amide bonds. The van der Waals surface area contributed by atoms with Gasteiger partial charge in [0.15, 0.2) is 0 Å².